The van der Waals surface area contributed by atoms with Gasteiger partial charge in [-0.2, -0.15) is 18.3 Å². The predicted molar refractivity (Wildman–Crippen MR) is 113 cm³/mol. The second kappa shape index (κ2) is 8.95. The van der Waals surface area contributed by atoms with Crippen LogP contribution >= 0.6 is 11.6 Å². The Labute approximate surface area is 179 Å². The Balaban J connectivity index is 1.84. The Bertz CT molecular complexity index is 981. The summed E-state index contributed by atoms with van der Waals surface area (Å²) in [4.78, 5) is 3.82. The van der Waals surface area contributed by atoms with Crippen molar-refractivity contribution in [3.05, 3.63) is 59.1 Å². The van der Waals surface area contributed by atoms with Gasteiger partial charge in [0.25, 0.3) is 0 Å². The van der Waals surface area contributed by atoms with Gasteiger partial charge in [-0.15, -0.1) is 0 Å². The van der Waals surface area contributed by atoms with Crippen LogP contribution in [0.4, 0.5) is 13.2 Å². The van der Waals surface area contributed by atoms with E-state index in [-0.39, 0.29) is 12.6 Å². The third kappa shape index (κ3) is 5.96. The average molecular weight is 457 g/mol. The first kappa shape index (κ1) is 22.6. The van der Waals surface area contributed by atoms with Gasteiger partial charge in [-0.25, -0.2) is 4.98 Å². The van der Waals surface area contributed by atoms with Crippen molar-refractivity contribution in [2.45, 2.75) is 45.1 Å². The van der Waals surface area contributed by atoms with Gasteiger partial charge in [0.05, 0.1) is 6.54 Å². The molecule has 1 aromatic carbocycles. The Hall–Kier alpha value is -2.10. The molecule has 0 saturated heterocycles. The molecule has 2 heterocycles. The molecule has 2 aromatic heterocycles. The molecule has 0 spiro atoms. The van der Waals surface area contributed by atoms with Gasteiger partial charge in [-0.05, 0) is 23.7 Å². The lowest BCUT2D eigenvalue weighted by Crippen LogP contribution is -2.22. The minimum Gasteiger partial charge on any atom is -0.361 e. The lowest BCUT2D eigenvalue weighted by molar-refractivity contribution is -0.141. The normalized spacial score (nSPS) is 12.5. The van der Waals surface area contributed by atoms with Gasteiger partial charge in [0, 0.05) is 43.9 Å². The summed E-state index contributed by atoms with van der Waals surface area (Å²) in [6.45, 7) is 7.61. The first-order chi connectivity index (χ1) is 14.0. The molecule has 30 heavy (non-hydrogen) atoms. The highest BCUT2D eigenvalue weighted by Crippen LogP contribution is 2.32. The summed E-state index contributed by atoms with van der Waals surface area (Å²) in [6, 6.07) is 7.85. The SMILES string of the molecule is C[Si](C)(C)CCOCn1cc(C(F)(F)F)nc1-c1ccc(Cn2cccn2)c(Cl)c1. The van der Waals surface area contributed by atoms with Gasteiger partial charge in [0.2, 0.25) is 0 Å². The lowest BCUT2D eigenvalue weighted by Gasteiger charge is -2.16. The number of nitrogens with zero attached hydrogens (tertiary/aromatic N) is 4. The summed E-state index contributed by atoms with van der Waals surface area (Å²) in [6.07, 6.45) is -0.0816. The van der Waals surface area contributed by atoms with Crippen LogP contribution in [0.2, 0.25) is 30.7 Å². The predicted octanol–water partition coefficient (Wildman–Crippen LogP) is 5.78. The van der Waals surface area contributed by atoms with Crippen LogP contribution in [0.1, 0.15) is 11.3 Å². The molecule has 0 unspecified atom stereocenters. The summed E-state index contributed by atoms with van der Waals surface area (Å²) in [5.41, 5.74) is 0.348. The molecular formula is C20H24ClF3N4OSi. The van der Waals surface area contributed by atoms with Crippen molar-refractivity contribution >= 4 is 19.7 Å². The molecule has 0 bridgehead atoms. The summed E-state index contributed by atoms with van der Waals surface area (Å²) in [5, 5.41) is 4.58. The average Bonchev–Trinajstić information content (AvgIpc) is 3.29. The highest BCUT2D eigenvalue weighted by Gasteiger charge is 2.35. The monoisotopic (exact) mass is 456 g/mol. The first-order valence-electron chi connectivity index (χ1n) is 9.51. The highest BCUT2D eigenvalue weighted by molar-refractivity contribution is 6.76. The van der Waals surface area contributed by atoms with Crippen LogP contribution in [-0.4, -0.2) is 34.0 Å². The number of ether oxygens (including phenoxy) is 1. The topological polar surface area (TPSA) is 44.9 Å². The Morgan fingerprint density at radius 2 is 1.97 bits per heavy atom. The third-order valence-electron chi connectivity index (χ3n) is 4.50. The van der Waals surface area contributed by atoms with E-state index in [0.717, 1.165) is 17.8 Å². The summed E-state index contributed by atoms with van der Waals surface area (Å²) >= 11 is 6.40. The minimum atomic E-state index is -4.54. The van der Waals surface area contributed by atoms with Gasteiger partial charge < -0.3 is 9.30 Å². The maximum Gasteiger partial charge on any atom is 0.434 e. The maximum absolute atomic E-state index is 13.2. The molecule has 3 rings (SSSR count). The second-order valence-corrected chi connectivity index (χ2v) is 14.3. The van der Waals surface area contributed by atoms with Crippen LogP contribution in [0.25, 0.3) is 11.4 Å². The van der Waals surface area contributed by atoms with E-state index in [9.17, 15) is 13.2 Å². The molecule has 10 heteroatoms. The molecule has 0 saturated carbocycles. The molecular weight excluding hydrogens is 433 g/mol. The number of hydrogen-bond donors (Lipinski definition) is 0. The van der Waals surface area contributed by atoms with Gasteiger partial charge in [-0.3, -0.25) is 4.68 Å². The summed E-state index contributed by atoms with van der Waals surface area (Å²) in [5.74, 6) is 0.169. The van der Waals surface area contributed by atoms with E-state index in [1.807, 2.05) is 6.20 Å². The minimum absolute atomic E-state index is 0.00441. The number of rotatable bonds is 8. The van der Waals surface area contributed by atoms with Crippen molar-refractivity contribution in [2.24, 2.45) is 0 Å². The van der Waals surface area contributed by atoms with E-state index in [1.54, 1.807) is 35.1 Å². The standard InChI is InChI=1S/C20H24ClF3N4OSi/c1-30(2,3)10-9-29-14-27-13-18(20(22,23)24)26-19(27)15-5-6-16(17(21)11-15)12-28-8-4-7-25-28/h4-8,11,13H,9-10,12,14H2,1-3H3. The molecule has 0 fully saturated rings. The molecule has 0 aliphatic heterocycles. The van der Waals surface area contributed by atoms with E-state index >= 15 is 0 Å². The third-order valence-corrected chi connectivity index (χ3v) is 6.55. The van der Waals surface area contributed by atoms with Crippen LogP contribution in [0.3, 0.4) is 0 Å². The fourth-order valence-corrected chi connectivity index (χ4v) is 3.80. The number of aromatic nitrogens is 4. The van der Waals surface area contributed by atoms with Gasteiger partial charge in [0.15, 0.2) is 5.69 Å². The van der Waals surface area contributed by atoms with E-state index in [0.29, 0.717) is 23.7 Å². The zero-order valence-corrected chi connectivity index (χ0v) is 18.8. The molecule has 0 radical (unpaired) electrons. The van der Waals surface area contributed by atoms with Crippen molar-refractivity contribution in [1.29, 1.82) is 0 Å². The van der Waals surface area contributed by atoms with Crippen LogP contribution < -0.4 is 0 Å². The van der Waals surface area contributed by atoms with Gasteiger partial charge in [-0.1, -0.05) is 43.4 Å². The summed E-state index contributed by atoms with van der Waals surface area (Å²) in [7, 11) is -1.29. The number of imidazole rings is 1. The molecule has 0 N–H and O–H groups in total. The van der Waals surface area contributed by atoms with Crippen LogP contribution in [0, 0.1) is 0 Å². The number of benzene rings is 1. The Morgan fingerprint density at radius 1 is 1.20 bits per heavy atom. The van der Waals surface area contributed by atoms with Gasteiger partial charge >= 0.3 is 6.18 Å². The quantitative estimate of drug-likeness (QED) is 0.319. The fraction of sp³-hybridized carbons (Fsp3) is 0.400. The molecule has 5 nitrogen and oxygen atoms in total. The Morgan fingerprint density at radius 3 is 2.57 bits per heavy atom. The van der Waals surface area contributed by atoms with E-state index < -0.39 is 19.9 Å². The van der Waals surface area contributed by atoms with Crippen molar-refractivity contribution in [3.8, 4) is 11.4 Å². The van der Waals surface area contributed by atoms with Crippen molar-refractivity contribution < 1.29 is 17.9 Å². The van der Waals surface area contributed by atoms with Gasteiger partial charge in [0.1, 0.15) is 12.6 Å². The van der Waals surface area contributed by atoms with Crippen LogP contribution in [0.5, 0.6) is 0 Å². The van der Waals surface area contributed by atoms with Crippen molar-refractivity contribution in [2.75, 3.05) is 6.61 Å². The molecule has 3 aromatic rings. The molecule has 0 atom stereocenters. The Kier molecular flexibility index (Phi) is 6.74. The summed E-state index contributed by atoms with van der Waals surface area (Å²) < 4.78 is 48.5. The van der Waals surface area contributed by atoms with E-state index in [2.05, 4.69) is 29.7 Å². The smallest absolute Gasteiger partial charge is 0.361 e. The van der Waals surface area contributed by atoms with Crippen LogP contribution in [0.15, 0.2) is 42.9 Å². The second-order valence-electron chi connectivity index (χ2n) is 8.28. The number of alkyl halides is 3. The number of hydrogen-bond acceptors (Lipinski definition) is 3. The highest BCUT2D eigenvalue weighted by atomic mass is 35.5. The van der Waals surface area contributed by atoms with E-state index in [1.165, 1.54) is 4.57 Å². The molecule has 0 aliphatic rings. The zero-order valence-electron chi connectivity index (χ0n) is 17.1. The first-order valence-corrected chi connectivity index (χ1v) is 13.6. The maximum atomic E-state index is 13.2. The van der Waals surface area contributed by atoms with Crippen molar-refractivity contribution in [1.82, 2.24) is 19.3 Å². The molecule has 0 aliphatic carbocycles. The number of halogens is 4. The van der Waals surface area contributed by atoms with Crippen molar-refractivity contribution in [3.63, 3.8) is 0 Å². The molecule has 0 amide bonds. The largest absolute Gasteiger partial charge is 0.434 e. The zero-order chi connectivity index (χ0) is 21.9. The van der Waals surface area contributed by atoms with E-state index in [4.69, 9.17) is 16.3 Å². The fourth-order valence-electron chi connectivity index (χ4n) is 2.81. The lowest BCUT2D eigenvalue weighted by atomic mass is 10.1. The molecule has 162 valence electrons. The van der Waals surface area contributed by atoms with Crippen LogP contribution in [-0.2, 0) is 24.2 Å².